The molecule has 5 nitrogen and oxygen atoms in total. The zero-order chi connectivity index (χ0) is 17.5. The molecule has 5 heteroatoms. The lowest BCUT2D eigenvalue weighted by Crippen LogP contribution is -2.41. The SMILES string of the molecule is CN=C(NCCC1CCCCC1)NCC1CC(=O)Nc2ccccc21. The van der Waals surface area contributed by atoms with E-state index in [1.165, 1.54) is 44.1 Å². The number of benzene rings is 1. The summed E-state index contributed by atoms with van der Waals surface area (Å²) < 4.78 is 0. The van der Waals surface area contributed by atoms with E-state index in [1.54, 1.807) is 7.05 Å². The molecule has 3 rings (SSSR count). The maximum atomic E-state index is 11.9. The molecule has 2 aliphatic rings. The van der Waals surface area contributed by atoms with E-state index >= 15 is 0 Å². The van der Waals surface area contributed by atoms with E-state index in [-0.39, 0.29) is 11.8 Å². The molecule has 3 N–H and O–H groups in total. The quantitative estimate of drug-likeness (QED) is 0.568. The van der Waals surface area contributed by atoms with Crippen molar-refractivity contribution in [3.63, 3.8) is 0 Å². The van der Waals surface area contributed by atoms with Crippen LogP contribution < -0.4 is 16.0 Å². The number of aliphatic imine (C=N–C) groups is 1. The maximum absolute atomic E-state index is 11.9. The molecule has 1 amide bonds. The largest absolute Gasteiger partial charge is 0.356 e. The first-order valence-corrected chi connectivity index (χ1v) is 9.59. The third kappa shape index (κ3) is 4.97. The fraction of sp³-hybridized carbons (Fsp3) is 0.600. The number of fused-ring (bicyclic) bond motifs is 1. The van der Waals surface area contributed by atoms with Crippen LogP contribution in [0.1, 0.15) is 56.4 Å². The van der Waals surface area contributed by atoms with Crippen molar-refractivity contribution in [3.8, 4) is 0 Å². The standard InChI is InChI=1S/C20H30N4O/c1-21-20(22-12-11-15-7-3-2-4-8-15)23-14-16-13-19(25)24-18-10-6-5-9-17(16)18/h5-6,9-10,15-16H,2-4,7-8,11-14H2,1H3,(H,24,25)(H2,21,22,23). The molecule has 1 atom stereocenters. The first-order valence-electron chi connectivity index (χ1n) is 9.59. The van der Waals surface area contributed by atoms with E-state index in [9.17, 15) is 4.79 Å². The number of hydrogen-bond acceptors (Lipinski definition) is 2. The van der Waals surface area contributed by atoms with Gasteiger partial charge in [-0.05, 0) is 24.0 Å². The Labute approximate surface area is 150 Å². The van der Waals surface area contributed by atoms with Crippen molar-refractivity contribution in [2.75, 3.05) is 25.5 Å². The molecule has 1 fully saturated rings. The number of para-hydroxylation sites is 1. The van der Waals surface area contributed by atoms with Gasteiger partial charge in [-0.3, -0.25) is 9.79 Å². The third-order valence-corrected chi connectivity index (χ3v) is 5.42. The molecule has 0 aromatic heterocycles. The summed E-state index contributed by atoms with van der Waals surface area (Å²) >= 11 is 0. The highest BCUT2D eigenvalue weighted by atomic mass is 16.1. The Hall–Kier alpha value is -2.04. The predicted molar refractivity (Wildman–Crippen MR) is 103 cm³/mol. The molecule has 1 unspecified atom stereocenters. The van der Waals surface area contributed by atoms with Gasteiger partial charge in [0.1, 0.15) is 0 Å². The van der Waals surface area contributed by atoms with Crippen LogP contribution in [0.5, 0.6) is 0 Å². The van der Waals surface area contributed by atoms with Gasteiger partial charge < -0.3 is 16.0 Å². The number of nitrogens with zero attached hydrogens (tertiary/aromatic N) is 1. The summed E-state index contributed by atoms with van der Waals surface area (Å²) in [5, 5.41) is 9.78. The Bertz CT molecular complexity index is 607. The van der Waals surface area contributed by atoms with Crippen molar-refractivity contribution < 1.29 is 4.79 Å². The van der Waals surface area contributed by atoms with E-state index in [0.717, 1.165) is 24.1 Å². The molecule has 0 bridgehead atoms. The Kier molecular flexibility index (Phi) is 6.31. The summed E-state index contributed by atoms with van der Waals surface area (Å²) in [6.45, 7) is 1.68. The molecule has 25 heavy (non-hydrogen) atoms. The number of carbonyl (C=O) groups excluding carboxylic acids is 1. The smallest absolute Gasteiger partial charge is 0.225 e. The van der Waals surface area contributed by atoms with E-state index < -0.39 is 0 Å². The Morgan fingerprint density at radius 1 is 1.20 bits per heavy atom. The second-order valence-corrected chi connectivity index (χ2v) is 7.21. The molecule has 0 saturated heterocycles. The molecule has 136 valence electrons. The fourth-order valence-electron chi connectivity index (χ4n) is 3.99. The summed E-state index contributed by atoms with van der Waals surface area (Å²) in [7, 11) is 1.80. The third-order valence-electron chi connectivity index (χ3n) is 5.42. The predicted octanol–water partition coefficient (Wildman–Crippen LogP) is 3.25. The monoisotopic (exact) mass is 342 g/mol. The maximum Gasteiger partial charge on any atom is 0.225 e. The second-order valence-electron chi connectivity index (χ2n) is 7.21. The van der Waals surface area contributed by atoms with Crippen molar-refractivity contribution in [3.05, 3.63) is 29.8 Å². The topological polar surface area (TPSA) is 65.5 Å². The molecule has 1 aromatic carbocycles. The number of guanidine groups is 1. The molecular formula is C20H30N4O. The number of rotatable bonds is 5. The average molecular weight is 342 g/mol. The Morgan fingerprint density at radius 3 is 2.80 bits per heavy atom. The molecule has 0 spiro atoms. The van der Waals surface area contributed by atoms with Crippen molar-refractivity contribution >= 4 is 17.6 Å². The van der Waals surface area contributed by atoms with Crippen molar-refractivity contribution in [1.82, 2.24) is 10.6 Å². The van der Waals surface area contributed by atoms with E-state index in [4.69, 9.17) is 0 Å². The van der Waals surface area contributed by atoms with Crippen LogP contribution in [0, 0.1) is 5.92 Å². The minimum atomic E-state index is 0.0887. The number of amides is 1. The zero-order valence-corrected chi connectivity index (χ0v) is 15.2. The summed E-state index contributed by atoms with van der Waals surface area (Å²) in [4.78, 5) is 16.2. The first-order chi connectivity index (χ1) is 12.3. The van der Waals surface area contributed by atoms with Crippen LogP contribution in [0.3, 0.4) is 0 Å². The van der Waals surface area contributed by atoms with Gasteiger partial charge in [-0.25, -0.2) is 0 Å². The lowest BCUT2D eigenvalue weighted by atomic mass is 9.87. The average Bonchev–Trinajstić information content (AvgIpc) is 2.65. The van der Waals surface area contributed by atoms with Crippen LogP contribution in [0.2, 0.25) is 0 Å². The van der Waals surface area contributed by atoms with Gasteiger partial charge in [0.25, 0.3) is 0 Å². The normalized spacial score (nSPS) is 21.4. The minimum absolute atomic E-state index is 0.0887. The van der Waals surface area contributed by atoms with Gasteiger partial charge in [0.15, 0.2) is 5.96 Å². The Morgan fingerprint density at radius 2 is 2.00 bits per heavy atom. The van der Waals surface area contributed by atoms with Crippen molar-refractivity contribution in [2.24, 2.45) is 10.9 Å². The van der Waals surface area contributed by atoms with Gasteiger partial charge in [-0.15, -0.1) is 0 Å². The van der Waals surface area contributed by atoms with Crippen LogP contribution in [0.25, 0.3) is 0 Å². The van der Waals surface area contributed by atoms with Crippen LogP contribution in [-0.4, -0.2) is 32.0 Å². The van der Waals surface area contributed by atoms with Crippen molar-refractivity contribution in [1.29, 1.82) is 0 Å². The highest BCUT2D eigenvalue weighted by molar-refractivity contribution is 5.94. The van der Waals surface area contributed by atoms with Gasteiger partial charge in [0, 0.05) is 38.2 Å². The number of hydrogen-bond donors (Lipinski definition) is 3. The molecule has 1 aromatic rings. The molecule has 1 aliphatic carbocycles. The molecule has 0 radical (unpaired) electrons. The summed E-state index contributed by atoms with van der Waals surface area (Å²) in [6.07, 6.45) is 8.67. The molecular weight excluding hydrogens is 312 g/mol. The van der Waals surface area contributed by atoms with E-state index in [0.29, 0.717) is 13.0 Å². The van der Waals surface area contributed by atoms with Gasteiger partial charge >= 0.3 is 0 Å². The summed E-state index contributed by atoms with van der Waals surface area (Å²) in [5.74, 6) is 1.97. The Balaban J connectivity index is 1.47. The zero-order valence-electron chi connectivity index (χ0n) is 15.2. The van der Waals surface area contributed by atoms with Gasteiger partial charge in [0.05, 0.1) is 0 Å². The minimum Gasteiger partial charge on any atom is -0.356 e. The molecule has 1 aliphatic heterocycles. The lowest BCUT2D eigenvalue weighted by molar-refractivity contribution is -0.116. The first kappa shape index (κ1) is 17.8. The van der Waals surface area contributed by atoms with E-state index in [2.05, 4.69) is 27.0 Å². The van der Waals surface area contributed by atoms with Gasteiger partial charge in [-0.2, -0.15) is 0 Å². The van der Waals surface area contributed by atoms with Crippen LogP contribution in [-0.2, 0) is 4.79 Å². The second kappa shape index (κ2) is 8.88. The number of carbonyl (C=O) groups is 1. The summed E-state index contributed by atoms with van der Waals surface area (Å²) in [5.41, 5.74) is 2.14. The highest BCUT2D eigenvalue weighted by Gasteiger charge is 2.24. The lowest BCUT2D eigenvalue weighted by Gasteiger charge is -2.26. The molecule has 1 heterocycles. The fourth-order valence-corrected chi connectivity index (χ4v) is 3.99. The van der Waals surface area contributed by atoms with E-state index in [1.807, 2.05) is 18.2 Å². The molecule has 1 saturated carbocycles. The van der Waals surface area contributed by atoms with Crippen molar-refractivity contribution in [2.45, 2.75) is 50.9 Å². The van der Waals surface area contributed by atoms with Crippen LogP contribution in [0.15, 0.2) is 29.3 Å². The van der Waals surface area contributed by atoms with Gasteiger partial charge in [-0.1, -0.05) is 50.3 Å². The summed E-state index contributed by atoms with van der Waals surface area (Å²) in [6, 6.07) is 8.05. The highest BCUT2D eigenvalue weighted by Crippen LogP contribution is 2.31. The van der Waals surface area contributed by atoms with Crippen LogP contribution in [0.4, 0.5) is 5.69 Å². The number of anilines is 1. The van der Waals surface area contributed by atoms with Crippen LogP contribution >= 0.6 is 0 Å². The van der Waals surface area contributed by atoms with Gasteiger partial charge in [0.2, 0.25) is 5.91 Å². The number of nitrogens with one attached hydrogen (secondary N) is 3.